The lowest BCUT2D eigenvalue weighted by Crippen LogP contribution is -2.54. The van der Waals surface area contributed by atoms with E-state index in [1.54, 1.807) is 24.3 Å². The van der Waals surface area contributed by atoms with Crippen molar-refractivity contribution in [3.05, 3.63) is 101 Å². The molecule has 4 rings (SSSR count). The van der Waals surface area contributed by atoms with Gasteiger partial charge in [0.1, 0.15) is 12.6 Å². The van der Waals surface area contributed by atoms with E-state index in [0.717, 1.165) is 47.4 Å². The maximum absolute atomic E-state index is 14.1. The minimum atomic E-state index is -3.81. The minimum Gasteiger partial charge on any atom is -0.352 e. The zero-order valence-electron chi connectivity index (χ0n) is 22.0. The van der Waals surface area contributed by atoms with Gasteiger partial charge in [-0.05, 0) is 52.0 Å². The lowest BCUT2D eigenvalue weighted by molar-refractivity contribution is -0.140. The summed E-state index contributed by atoms with van der Waals surface area (Å²) in [7, 11) is -3.81. The first kappa shape index (κ1) is 28.8. The Morgan fingerprint density at radius 2 is 1.46 bits per heavy atom. The summed E-state index contributed by atoms with van der Waals surface area (Å²) in [4.78, 5) is 29.4. The number of para-hydroxylation sites is 1. The topological polar surface area (TPSA) is 86.8 Å². The molecule has 1 aliphatic carbocycles. The summed E-state index contributed by atoms with van der Waals surface area (Å²) < 4.78 is 27.4. The molecule has 1 atom stereocenters. The van der Waals surface area contributed by atoms with E-state index in [0.29, 0.717) is 16.6 Å². The van der Waals surface area contributed by atoms with Gasteiger partial charge in [0, 0.05) is 23.5 Å². The molecule has 0 aliphatic heterocycles. The average Bonchev–Trinajstić information content (AvgIpc) is 3.43. The third-order valence-electron chi connectivity index (χ3n) is 6.97. The molecule has 0 radical (unpaired) electrons. The van der Waals surface area contributed by atoms with E-state index in [1.807, 2.05) is 60.7 Å². The summed E-state index contributed by atoms with van der Waals surface area (Å²) in [5.41, 5.74) is 2.13. The highest BCUT2D eigenvalue weighted by Gasteiger charge is 2.34. The van der Waals surface area contributed by atoms with Crippen LogP contribution in [-0.2, 0) is 32.6 Å². The Morgan fingerprint density at radius 3 is 2.05 bits per heavy atom. The maximum Gasteiger partial charge on any atom is 0.244 e. The zero-order chi connectivity index (χ0) is 27.8. The minimum absolute atomic E-state index is 0.0808. The zero-order valence-corrected chi connectivity index (χ0v) is 24.4. The number of carbonyl (C=O) groups is 2. The molecule has 0 aromatic heterocycles. The van der Waals surface area contributed by atoms with E-state index < -0.39 is 28.5 Å². The van der Waals surface area contributed by atoms with Crippen LogP contribution in [0.2, 0.25) is 0 Å². The number of halogens is 1. The molecule has 1 unspecified atom stereocenters. The van der Waals surface area contributed by atoms with Crippen molar-refractivity contribution in [2.45, 2.75) is 50.7 Å². The molecule has 2 amide bonds. The Bertz CT molecular complexity index is 1360. The van der Waals surface area contributed by atoms with Crippen LogP contribution in [0.5, 0.6) is 0 Å². The second-order valence-corrected chi connectivity index (χ2v) is 12.7. The summed E-state index contributed by atoms with van der Waals surface area (Å²) in [6.07, 6.45) is 5.36. The monoisotopic (exact) mass is 611 g/mol. The molecule has 0 bridgehead atoms. The summed E-state index contributed by atoms with van der Waals surface area (Å²) in [6, 6.07) is 25.2. The van der Waals surface area contributed by atoms with Crippen LogP contribution in [-0.4, -0.2) is 50.0 Å². The van der Waals surface area contributed by atoms with Gasteiger partial charge in [0.05, 0.1) is 11.9 Å². The van der Waals surface area contributed by atoms with E-state index >= 15 is 0 Å². The van der Waals surface area contributed by atoms with Crippen LogP contribution in [0.1, 0.15) is 36.8 Å². The molecule has 3 aromatic carbocycles. The first-order valence-corrected chi connectivity index (χ1v) is 15.8. The fraction of sp³-hybridized carbons (Fsp3) is 0.333. The molecule has 206 valence electrons. The number of rotatable bonds is 11. The second kappa shape index (κ2) is 13.3. The van der Waals surface area contributed by atoms with Crippen LogP contribution in [0.3, 0.4) is 0 Å². The van der Waals surface area contributed by atoms with Gasteiger partial charge in [-0.3, -0.25) is 13.9 Å². The van der Waals surface area contributed by atoms with Crippen molar-refractivity contribution in [2.75, 3.05) is 17.1 Å². The first-order valence-electron chi connectivity index (χ1n) is 13.1. The first-order chi connectivity index (χ1) is 18.7. The van der Waals surface area contributed by atoms with Crippen LogP contribution in [0.25, 0.3) is 0 Å². The SMILES string of the molecule is CS(=O)(=O)N(CC(=O)N(Cc1ccccc1)C(Cc1ccccc1)C(=O)NC1CCCC1)c1ccccc1Br. The smallest absolute Gasteiger partial charge is 0.244 e. The Kier molecular flexibility index (Phi) is 9.80. The van der Waals surface area contributed by atoms with Crippen molar-refractivity contribution in [3.8, 4) is 0 Å². The number of nitrogens with one attached hydrogen (secondary N) is 1. The normalized spacial score (nSPS) is 14.5. The number of nitrogens with zero attached hydrogens (tertiary/aromatic N) is 2. The molecule has 0 spiro atoms. The molecule has 1 fully saturated rings. The molecule has 1 saturated carbocycles. The number of carbonyl (C=O) groups excluding carboxylic acids is 2. The highest BCUT2D eigenvalue weighted by Crippen LogP contribution is 2.28. The molecule has 9 heteroatoms. The van der Waals surface area contributed by atoms with Gasteiger partial charge in [-0.25, -0.2) is 8.42 Å². The molecule has 3 aromatic rings. The third-order valence-corrected chi connectivity index (χ3v) is 8.77. The van der Waals surface area contributed by atoms with E-state index in [4.69, 9.17) is 0 Å². The number of amides is 2. The summed E-state index contributed by atoms with van der Waals surface area (Å²) in [5, 5.41) is 3.17. The fourth-order valence-corrected chi connectivity index (χ4v) is 6.43. The van der Waals surface area contributed by atoms with Gasteiger partial charge < -0.3 is 10.2 Å². The van der Waals surface area contributed by atoms with E-state index in [2.05, 4.69) is 21.2 Å². The van der Waals surface area contributed by atoms with Gasteiger partial charge in [0.15, 0.2) is 0 Å². The van der Waals surface area contributed by atoms with Gasteiger partial charge in [0.2, 0.25) is 21.8 Å². The Labute approximate surface area is 239 Å². The Balaban J connectivity index is 1.71. The van der Waals surface area contributed by atoms with E-state index in [9.17, 15) is 18.0 Å². The number of sulfonamides is 1. The summed E-state index contributed by atoms with van der Waals surface area (Å²) in [6.45, 7) is -0.265. The molecule has 1 aliphatic rings. The van der Waals surface area contributed by atoms with Crippen molar-refractivity contribution in [2.24, 2.45) is 0 Å². The number of benzene rings is 3. The van der Waals surface area contributed by atoms with Crippen molar-refractivity contribution in [1.29, 1.82) is 0 Å². The van der Waals surface area contributed by atoms with Crippen LogP contribution in [0, 0.1) is 0 Å². The van der Waals surface area contributed by atoms with Crippen molar-refractivity contribution < 1.29 is 18.0 Å². The summed E-state index contributed by atoms with van der Waals surface area (Å²) in [5.74, 6) is -0.677. The summed E-state index contributed by atoms with van der Waals surface area (Å²) >= 11 is 3.42. The van der Waals surface area contributed by atoms with Crippen molar-refractivity contribution >= 4 is 43.5 Å². The molecular weight excluding hydrogens is 578 g/mol. The molecule has 39 heavy (non-hydrogen) atoms. The predicted molar refractivity (Wildman–Crippen MR) is 158 cm³/mol. The Hall–Kier alpha value is -3.17. The number of hydrogen-bond acceptors (Lipinski definition) is 4. The largest absolute Gasteiger partial charge is 0.352 e. The van der Waals surface area contributed by atoms with Gasteiger partial charge in [-0.1, -0.05) is 85.6 Å². The molecular formula is C30H34BrN3O4S. The molecule has 0 heterocycles. The Morgan fingerprint density at radius 1 is 0.897 bits per heavy atom. The van der Waals surface area contributed by atoms with Gasteiger partial charge in [0.25, 0.3) is 0 Å². The van der Waals surface area contributed by atoms with Gasteiger partial charge in [-0.15, -0.1) is 0 Å². The van der Waals surface area contributed by atoms with Crippen LogP contribution in [0.15, 0.2) is 89.4 Å². The fourth-order valence-electron chi connectivity index (χ4n) is 4.95. The number of anilines is 1. The lowest BCUT2D eigenvalue weighted by atomic mass is 10.0. The lowest BCUT2D eigenvalue weighted by Gasteiger charge is -2.34. The standard InChI is InChI=1S/C30H34BrN3O4S/c1-39(37,38)34(27-19-11-10-18-26(27)31)22-29(35)33(21-24-14-6-3-7-15-24)28(20-23-12-4-2-5-13-23)30(36)32-25-16-8-9-17-25/h2-7,10-15,18-19,25,28H,8-9,16-17,20-22H2,1H3,(H,32,36). The van der Waals surface area contributed by atoms with Crippen LogP contribution >= 0.6 is 15.9 Å². The highest BCUT2D eigenvalue weighted by molar-refractivity contribution is 9.10. The second-order valence-electron chi connectivity index (χ2n) is 9.92. The average molecular weight is 613 g/mol. The van der Waals surface area contributed by atoms with Crippen molar-refractivity contribution in [1.82, 2.24) is 10.2 Å². The predicted octanol–water partition coefficient (Wildman–Crippen LogP) is 4.91. The quantitative estimate of drug-likeness (QED) is 0.334. The van der Waals surface area contributed by atoms with Crippen molar-refractivity contribution in [3.63, 3.8) is 0 Å². The maximum atomic E-state index is 14.1. The van der Waals surface area contributed by atoms with Crippen LogP contribution in [0.4, 0.5) is 5.69 Å². The molecule has 0 saturated heterocycles. The van der Waals surface area contributed by atoms with E-state index in [-0.39, 0.29) is 18.5 Å². The molecule has 1 N–H and O–H groups in total. The number of hydrogen-bond donors (Lipinski definition) is 1. The third kappa shape index (κ3) is 7.92. The highest BCUT2D eigenvalue weighted by atomic mass is 79.9. The van der Waals surface area contributed by atoms with Gasteiger partial charge >= 0.3 is 0 Å². The molecule has 7 nitrogen and oxygen atoms in total. The van der Waals surface area contributed by atoms with Crippen LogP contribution < -0.4 is 9.62 Å². The van der Waals surface area contributed by atoms with E-state index in [1.165, 1.54) is 4.90 Å². The van der Waals surface area contributed by atoms with Gasteiger partial charge in [-0.2, -0.15) is 0 Å².